The second-order valence-corrected chi connectivity index (χ2v) is 6.68. The first-order valence-corrected chi connectivity index (χ1v) is 8.14. The number of benzene rings is 1. The molecule has 20 heavy (non-hydrogen) atoms. The average Bonchev–Trinajstić information content (AvgIpc) is 2.79. The van der Waals surface area contributed by atoms with Crippen LogP contribution in [0.5, 0.6) is 0 Å². The van der Waals surface area contributed by atoms with Crippen LogP contribution in [0.2, 0.25) is 0 Å². The Labute approximate surface area is 129 Å². The van der Waals surface area contributed by atoms with Gasteiger partial charge in [0, 0.05) is 23.0 Å². The third kappa shape index (κ3) is 4.60. The number of nitrogens with one attached hydrogen (secondary N) is 1. The molecule has 3 N–H and O–H groups in total. The van der Waals surface area contributed by atoms with Crippen molar-refractivity contribution in [1.82, 2.24) is 5.32 Å². The third-order valence-corrected chi connectivity index (χ3v) is 4.49. The molecule has 1 aromatic carbocycles. The van der Waals surface area contributed by atoms with Gasteiger partial charge in [-0.2, -0.15) is 0 Å². The molecule has 0 spiro atoms. The minimum atomic E-state index is 0.164. The zero-order valence-corrected chi connectivity index (χ0v) is 13.6. The van der Waals surface area contributed by atoms with Gasteiger partial charge in [-0.1, -0.05) is 22.0 Å². The van der Waals surface area contributed by atoms with E-state index in [0.29, 0.717) is 12.5 Å². The van der Waals surface area contributed by atoms with Gasteiger partial charge in [0.1, 0.15) is 0 Å². The van der Waals surface area contributed by atoms with Gasteiger partial charge >= 0.3 is 0 Å². The van der Waals surface area contributed by atoms with E-state index in [0.717, 1.165) is 36.6 Å². The van der Waals surface area contributed by atoms with Crippen LogP contribution in [0.25, 0.3) is 0 Å². The van der Waals surface area contributed by atoms with Crippen LogP contribution in [0.1, 0.15) is 43.2 Å². The van der Waals surface area contributed by atoms with E-state index < -0.39 is 0 Å². The number of halogens is 1. The van der Waals surface area contributed by atoms with Gasteiger partial charge in [-0.15, -0.1) is 0 Å². The lowest BCUT2D eigenvalue weighted by atomic mass is 10.0. The number of aryl methyl sites for hydroxylation is 2. The Balaban J connectivity index is 1.72. The van der Waals surface area contributed by atoms with Crippen molar-refractivity contribution in [2.24, 2.45) is 5.73 Å². The summed E-state index contributed by atoms with van der Waals surface area (Å²) in [6.45, 7) is 2.11. The van der Waals surface area contributed by atoms with Crippen molar-refractivity contribution in [1.29, 1.82) is 0 Å². The van der Waals surface area contributed by atoms with Crippen LogP contribution in [0.4, 0.5) is 0 Å². The predicted molar refractivity (Wildman–Crippen MR) is 85.6 cm³/mol. The van der Waals surface area contributed by atoms with E-state index in [4.69, 9.17) is 5.73 Å². The molecular weight excluding hydrogens is 316 g/mol. The molecule has 0 saturated heterocycles. The molecule has 2 unspecified atom stereocenters. The lowest BCUT2D eigenvalue weighted by molar-refractivity contribution is -0.121. The van der Waals surface area contributed by atoms with E-state index in [2.05, 4.69) is 46.4 Å². The molecule has 1 aromatic rings. The number of amides is 1. The first-order chi connectivity index (χ1) is 9.54. The Morgan fingerprint density at radius 1 is 1.45 bits per heavy atom. The van der Waals surface area contributed by atoms with Crippen molar-refractivity contribution in [3.8, 4) is 0 Å². The lowest BCUT2D eigenvalue weighted by Gasteiger charge is -2.12. The molecular formula is C16H23BrN2O. The fourth-order valence-corrected chi connectivity index (χ4v) is 3.20. The molecule has 2 rings (SSSR count). The number of nitrogens with two attached hydrogens (primary N) is 1. The Hall–Kier alpha value is -0.870. The summed E-state index contributed by atoms with van der Waals surface area (Å²) < 4.78 is 1.10. The van der Waals surface area contributed by atoms with Crippen LogP contribution in [0.3, 0.4) is 0 Å². The quantitative estimate of drug-likeness (QED) is 0.866. The monoisotopic (exact) mass is 338 g/mol. The van der Waals surface area contributed by atoms with Gasteiger partial charge in [-0.3, -0.25) is 4.79 Å². The Morgan fingerprint density at radius 2 is 2.25 bits per heavy atom. The standard InChI is InChI=1S/C16H23BrN2O/c1-11-5-6-13(17)9-12(11)3-2-4-16(20)19-15-8-7-14(18)10-15/h5-6,9,14-15H,2-4,7-8,10,18H2,1H3,(H,19,20). The summed E-state index contributed by atoms with van der Waals surface area (Å²) in [4.78, 5) is 11.9. The van der Waals surface area contributed by atoms with Gasteiger partial charge in [0.05, 0.1) is 0 Å². The lowest BCUT2D eigenvalue weighted by Crippen LogP contribution is -2.33. The molecule has 0 bridgehead atoms. The molecule has 2 atom stereocenters. The Morgan fingerprint density at radius 3 is 2.95 bits per heavy atom. The van der Waals surface area contributed by atoms with Crippen LogP contribution in [-0.2, 0) is 11.2 Å². The second-order valence-electron chi connectivity index (χ2n) is 5.76. The van der Waals surface area contributed by atoms with Crippen LogP contribution >= 0.6 is 15.9 Å². The highest BCUT2D eigenvalue weighted by Gasteiger charge is 2.22. The van der Waals surface area contributed by atoms with Crippen molar-refractivity contribution in [2.45, 2.75) is 57.5 Å². The van der Waals surface area contributed by atoms with Crippen LogP contribution in [0, 0.1) is 6.92 Å². The number of rotatable bonds is 5. The summed E-state index contributed by atoms with van der Waals surface area (Å²) in [5, 5.41) is 3.09. The van der Waals surface area contributed by atoms with Gasteiger partial charge in [0.15, 0.2) is 0 Å². The van der Waals surface area contributed by atoms with E-state index in [9.17, 15) is 4.79 Å². The molecule has 0 radical (unpaired) electrons. The molecule has 0 aromatic heterocycles. The first kappa shape index (κ1) is 15.5. The minimum Gasteiger partial charge on any atom is -0.353 e. The zero-order valence-electron chi connectivity index (χ0n) is 12.0. The predicted octanol–water partition coefficient (Wildman–Crippen LogP) is 3.08. The number of carbonyl (C=O) groups excluding carboxylic acids is 1. The number of hydrogen-bond acceptors (Lipinski definition) is 2. The van der Waals surface area contributed by atoms with Crippen molar-refractivity contribution in [2.75, 3.05) is 0 Å². The molecule has 1 aliphatic rings. The molecule has 1 aliphatic carbocycles. The largest absolute Gasteiger partial charge is 0.353 e. The number of carbonyl (C=O) groups is 1. The molecule has 1 saturated carbocycles. The van der Waals surface area contributed by atoms with Gasteiger partial charge in [0.25, 0.3) is 0 Å². The fraction of sp³-hybridized carbons (Fsp3) is 0.562. The molecule has 0 heterocycles. The SMILES string of the molecule is Cc1ccc(Br)cc1CCCC(=O)NC1CCC(N)C1. The third-order valence-electron chi connectivity index (χ3n) is 4.00. The smallest absolute Gasteiger partial charge is 0.220 e. The van der Waals surface area contributed by atoms with Gasteiger partial charge in [0.2, 0.25) is 5.91 Å². The molecule has 1 amide bonds. The summed E-state index contributed by atoms with van der Waals surface area (Å²) in [7, 11) is 0. The maximum Gasteiger partial charge on any atom is 0.220 e. The van der Waals surface area contributed by atoms with E-state index in [-0.39, 0.29) is 11.9 Å². The summed E-state index contributed by atoms with van der Waals surface area (Å²) in [5.41, 5.74) is 8.45. The van der Waals surface area contributed by atoms with E-state index in [1.807, 2.05) is 0 Å². The molecule has 3 nitrogen and oxygen atoms in total. The Kier molecular flexibility index (Phi) is 5.61. The van der Waals surface area contributed by atoms with Gasteiger partial charge in [-0.05, 0) is 62.3 Å². The first-order valence-electron chi connectivity index (χ1n) is 7.34. The van der Waals surface area contributed by atoms with Crippen LogP contribution < -0.4 is 11.1 Å². The van der Waals surface area contributed by atoms with Crippen molar-refractivity contribution in [3.05, 3.63) is 33.8 Å². The minimum absolute atomic E-state index is 0.164. The number of hydrogen-bond donors (Lipinski definition) is 2. The van der Waals surface area contributed by atoms with Crippen LogP contribution in [0.15, 0.2) is 22.7 Å². The Bertz CT molecular complexity index is 476. The fourth-order valence-electron chi connectivity index (χ4n) is 2.80. The summed E-state index contributed by atoms with van der Waals surface area (Å²) in [6, 6.07) is 6.87. The maximum atomic E-state index is 11.9. The highest BCUT2D eigenvalue weighted by atomic mass is 79.9. The van der Waals surface area contributed by atoms with Gasteiger partial charge in [-0.25, -0.2) is 0 Å². The van der Waals surface area contributed by atoms with Crippen molar-refractivity contribution >= 4 is 21.8 Å². The van der Waals surface area contributed by atoms with E-state index in [1.165, 1.54) is 11.1 Å². The van der Waals surface area contributed by atoms with Crippen molar-refractivity contribution < 1.29 is 4.79 Å². The van der Waals surface area contributed by atoms with Crippen LogP contribution in [-0.4, -0.2) is 18.0 Å². The highest BCUT2D eigenvalue weighted by Crippen LogP contribution is 2.19. The summed E-state index contributed by atoms with van der Waals surface area (Å²) >= 11 is 3.49. The van der Waals surface area contributed by atoms with Crippen molar-refractivity contribution in [3.63, 3.8) is 0 Å². The topological polar surface area (TPSA) is 55.1 Å². The highest BCUT2D eigenvalue weighted by molar-refractivity contribution is 9.10. The zero-order chi connectivity index (χ0) is 14.5. The summed E-state index contributed by atoms with van der Waals surface area (Å²) in [5.74, 6) is 0.164. The van der Waals surface area contributed by atoms with Gasteiger partial charge < -0.3 is 11.1 Å². The maximum absolute atomic E-state index is 11.9. The summed E-state index contributed by atoms with van der Waals surface area (Å²) in [6.07, 6.45) is 5.42. The second kappa shape index (κ2) is 7.23. The molecule has 1 fully saturated rings. The van der Waals surface area contributed by atoms with E-state index in [1.54, 1.807) is 0 Å². The van der Waals surface area contributed by atoms with E-state index >= 15 is 0 Å². The molecule has 110 valence electrons. The molecule has 4 heteroatoms. The molecule has 0 aliphatic heterocycles. The average molecular weight is 339 g/mol. The normalized spacial score (nSPS) is 21.9.